The summed E-state index contributed by atoms with van der Waals surface area (Å²) in [7, 11) is 0. The molecule has 2 fully saturated rings. The molecule has 0 aliphatic carbocycles. The molecule has 5 heteroatoms. The smallest absolute Gasteiger partial charge is 0.234 e. The van der Waals surface area contributed by atoms with Crippen LogP contribution < -0.4 is 4.90 Å². The highest BCUT2D eigenvalue weighted by Gasteiger charge is 2.49. The molecule has 0 bridgehead atoms. The first-order valence-corrected chi connectivity index (χ1v) is 8.60. The van der Waals surface area contributed by atoms with Gasteiger partial charge in [0.2, 0.25) is 5.91 Å². The second-order valence-corrected chi connectivity index (χ2v) is 6.87. The number of rotatable bonds is 3. The molecule has 0 saturated carbocycles. The van der Waals surface area contributed by atoms with Crippen LogP contribution in [0.15, 0.2) is 49.1 Å². The summed E-state index contributed by atoms with van der Waals surface area (Å²) in [6.07, 6.45) is 10.2. The van der Waals surface area contributed by atoms with Gasteiger partial charge < -0.3 is 4.90 Å². The standard InChI is InChI=1S/C19H22N4O/c24-18-19(7-11-23(18)17-5-2-9-21-13-17)6-3-10-22(15-19)14-16-4-1-8-20-12-16/h1-2,4-5,8-9,12-13H,3,6-7,10-11,14-15H2. The second kappa shape index (κ2) is 6.32. The fourth-order valence-corrected chi connectivity index (χ4v) is 4.07. The predicted molar refractivity (Wildman–Crippen MR) is 92.4 cm³/mol. The highest BCUT2D eigenvalue weighted by Crippen LogP contribution is 2.41. The molecule has 0 N–H and O–H groups in total. The quantitative estimate of drug-likeness (QED) is 0.871. The lowest BCUT2D eigenvalue weighted by molar-refractivity contribution is -0.128. The van der Waals surface area contributed by atoms with E-state index in [2.05, 4.69) is 20.9 Å². The third-order valence-corrected chi connectivity index (χ3v) is 5.26. The molecule has 5 nitrogen and oxygen atoms in total. The number of piperidine rings is 1. The van der Waals surface area contributed by atoms with Crippen LogP contribution in [0, 0.1) is 5.41 Å². The van der Waals surface area contributed by atoms with E-state index in [1.165, 1.54) is 5.56 Å². The Morgan fingerprint density at radius 3 is 2.62 bits per heavy atom. The van der Waals surface area contributed by atoms with Gasteiger partial charge in [0.15, 0.2) is 0 Å². The molecule has 124 valence electrons. The molecule has 1 atom stereocenters. The third kappa shape index (κ3) is 2.80. The molecule has 4 rings (SSSR count). The average molecular weight is 322 g/mol. The van der Waals surface area contributed by atoms with E-state index in [0.29, 0.717) is 0 Å². The molecule has 0 radical (unpaired) electrons. The zero-order chi connectivity index (χ0) is 16.4. The highest BCUT2D eigenvalue weighted by molar-refractivity contribution is 6.00. The van der Waals surface area contributed by atoms with Gasteiger partial charge in [0.25, 0.3) is 0 Å². The third-order valence-electron chi connectivity index (χ3n) is 5.26. The number of carbonyl (C=O) groups excluding carboxylic acids is 1. The van der Waals surface area contributed by atoms with Crippen LogP contribution in [0.25, 0.3) is 0 Å². The van der Waals surface area contributed by atoms with Crippen molar-refractivity contribution >= 4 is 11.6 Å². The van der Waals surface area contributed by atoms with Crippen molar-refractivity contribution in [1.82, 2.24) is 14.9 Å². The summed E-state index contributed by atoms with van der Waals surface area (Å²) in [5.41, 5.74) is 1.91. The molecule has 4 heterocycles. The van der Waals surface area contributed by atoms with Gasteiger partial charge >= 0.3 is 0 Å². The molecule has 1 unspecified atom stereocenters. The van der Waals surface area contributed by atoms with Crippen molar-refractivity contribution < 1.29 is 4.79 Å². The normalized spacial score (nSPS) is 24.7. The lowest BCUT2D eigenvalue weighted by atomic mass is 9.78. The highest BCUT2D eigenvalue weighted by atomic mass is 16.2. The van der Waals surface area contributed by atoms with E-state index in [-0.39, 0.29) is 11.3 Å². The predicted octanol–water partition coefficient (Wildman–Crippen LogP) is 2.50. The Bertz CT molecular complexity index is 706. The first-order chi connectivity index (χ1) is 11.8. The number of amides is 1. The summed E-state index contributed by atoms with van der Waals surface area (Å²) in [4.78, 5) is 25.8. The lowest BCUT2D eigenvalue weighted by Gasteiger charge is -2.39. The molecule has 24 heavy (non-hydrogen) atoms. The van der Waals surface area contributed by atoms with Crippen LogP contribution in [-0.4, -0.2) is 40.4 Å². The first kappa shape index (κ1) is 15.3. The van der Waals surface area contributed by atoms with Crippen molar-refractivity contribution in [3.8, 4) is 0 Å². The number of hydrogen-bond acceptors (Lipinski definition) is 4. The van der Waals surface area contributed by atoms with Crippen molar-refractivity contribution in [3.63, 3.8) is 0 Å². The summed E-state index contributed by atoms with van der Waals surface area (Å²) < 4.78 is 0. The minimum absolute atomic E-state index is 0.226. The van der Waals surface area contributed by atoms with Crippen LogP contribution in [0.3, 0.4) is 0 Å². The zero-order valence-corrected chi connectivity index (χ0v) is 13.8. The van der Waals surface area contributed by atoms with Crippen molar-refractivity contribution in [2.45, 2.75) is 25.8 Å². The maximum atomic E-state index is 13.1. The van der Waals surface area contributed by atoms with Gasteiger partial charge in [0, 0.05) is 38.2 Å². The van der Waals surface area contributed by atoms with E-state index in [4.69, 9.17) is 0 Å². The van der Waals surface area contributed by atoms with Crippen LogP contribution in [0.1, 0.15) is 24.8 Å². The molecule has 2 aliphatic heterocycles. The summed E-state index contributed by atoms with van der Waals surface area (Å²) >= 11 is 0. The van der Waals surface area contributed by atoms with Gasteiger partial charge in [-0.25, -0.2) is 0 Å². The average Bonchev–Trinajstić information content (AvgIpc) is 2.93. The molecule has 1 spiro atoms. The van der Waals surface area contributed by atoms with E-state index >= 15 is 0 Å². The number of hydrogen-bond donors (Lipinski definition) is 0. The van der Waals surface area contributed by atoms with Crippen LogP contribution in [0.5, 0.6) is 0 Å². The van der Waals surface area contributed by atoms with Gasteiger partial charge in [-0.15, -0.1) is 0 Å². The van der Waals surface area contributed by atoms with Crippen LogP contribution >= 0.6 is 0 Å². The SMILES string of the molecule is O=C1N(c2cccnc2)CCC12CCCN(Cc1cccnc1)C2. The van der Waals surface area contributed by atoms with Crippen molar-refractivity contribution in [2.75, 3.05) is 24.5 Å². The Kier molecular flexibility index (Phi) is 4.02. The molecule has 1 amide bonds. The van der Waals surface area contributed by atoms with Crippen LogP contribution in [0.2, 0.25) is 0 Å². The topological polar surface area (TPSA) is 49.3 Å². The van der Waals surface area contributed by atoms with Gasteiger partial charge in [-0.3, -0.25) is 19.7 Å². The molecular formula is C19H22N4O. The van der Waals surface area contributed by atoms with E-state index in [1.54, 1.807) is 18.6 Å². The Morgan fingerprint density at radius 1 is 1.04 bits per heavy atom. The molecule has 2 aliphatic rings. The summed E-state index contributed by atoms with van der Waals surface area (Å²) in [6.45, 7) is 3.56. The summed E-state index contributed by atoms with van der Waals surface area (Å²) in [5, 5.41) is 0. The monoisotopic (exact) mass is 322 g/mol. The Hall–Kier alpha value is -2.27. The number of nitrogens with zero attached hydrogens (tertiary/aromatic N) is 4. The van der Waals surface area contributed by atoms with E-state index < -0.39 is 0 Å². The van der Waals surface area contributed by atoms with E-state index in [9.17, 15) is 4.79 Å². The van der Waals surface area contributed by atoms with E-state index in [1.807, 2.05) is 29.3 Å². The Morgan fingerprint density at radius 2 is 1.88 bits per heavy atom. The van der Waals surface area contributed by atoms with Gasteiger partial charge in [-0.2, -0.15) is 0 Å². The minimum Gasteiger partial charge on any atom is -0.310 e. The van der Waals surface area contributed by atoms with Gasteiger partial charge in [-0.05, 0) is 49.6 Å². The number of pyridine rings is 2. The molecule has 2 aromatic heterocycles. The number of anilines is 1. The zero-order valence-electron chi connectivity index (χ0n) is 13.8. The minimum atomic E-state index is -0.226. The van der Waals surface area contributed by atoms with Gasteiger partial charge in [0.05, 0.1) is 17.3 Å². The fourth-order valence-electron chi connectivity index (χ4n) is 4.07. The molecule has 2 saturated heterocycles. The summed E-state index contributed by atoms with van der Waals surface area (Å²) in [5.74, 6) is 0.270. The van der Waals surface area contributed by atoms with Crippen LogP contribution in [-0.2, 0) is 11.3 Å². The van der Waals surface area contributed by atoms with Crippen molar-refractivity contribution in [1.29, 1.82) is 0 Å². The van der Waals surface area contributed by atoms with Crippen molar-refractivity contribution in [2.24, 2.45) is 5.41 Å². The Labute approximate surface area is 142 Å². The number of aromatic nitrogens is 2. The molecular weight excluding hydrogens is 300 g/mol. The van der Waals surface area contributed by atoms with Crippen LogP contribution in [0.4, 0.5) is 5.69 Å². The van der Waals surface area contributed by atoms with Gasteiger partial charge in [-0.1, -0.05) is 6.07 Å². The number of carbonyl (C=O) groups is 1. The van der Waals surface area contributed by atoms with Crippen molar-refractivity contribution in [3.05, 3.63) is 54.6 Å². The van der Waals surface area contributed by atoms with E-state index in [0.717, 1.165) is 51.1 Å². The van der Waals surface area contributed by atoms with Gasteiger partial charge in [0.1, 0.15) is 0 Å². The molecule has 0 aromatic carbocycles. The summed E-state index contributed by atoms with van der Waals surface area (Å²) in [6, 6.07) is 7.94. The fraction of sp³-hybridized carbons (Fsp3) is 0.421. The maximum absolute atomic E-state index is 13.1. The Balaban J connectivity index is 1.50. The largest absolute Gasteiger partial charge is 0.310 e. The first-order valence-electron chi connectivity index (χ1n) is 8.60. The number of likely N-dealkylation sites (tertiary alicyclic amines) is 1. The maximum Gasteiger partial charge on any atom is 0.234 e. The second-order valence-electron chi connectivity index (χ2n) is 6.87. The lowest BCUT2D eigenvalue weighted by Crippen LogP contribution is -2.47. The molecule has 2 aromatic rings.